The summed E-state index contributed by atoms with van der Waals surface area (Å²) in [7, 11) is 0. The van der Waals surface area contributed by atoms with Gasteiger partial charge in [-0.15, -0.1) is 0 Å². The molecule has 2 atom stereocenters. The van der Waals surface area contributed by atoms with E-state index in [0.717, 1.165) is 17.8 Å². The summed E-state index contributed by atoms with van der Waals surface area (Å²) >= 11 is 0. The van der Waals surface area contributed by atoms with Gasteiger partial charge in [-0.1, -0.05) is 29.8 Å². The monoisotopic (exact) mass is 172 g/mol. The van der Waals surface area contributed by atoms with Gasteiger partial charge >= 0.3 is 0 Å². The fourth-order valence-electron chi connectivity index (χ4n) is 2.46. The zero-order valence-electron chi connectivity index (χ0n) is 8.16. The molecule has 2 aliphatic carbocycles. The summed E-state index contributed by atoms with van der Waals surface area (Å²) in [5, 5.41) is 0. The lowest BCUT2D eigenvalue weighted by Crippen LogP contribution is -1.85. The number of benzene rings is 1. The number of aryl methyl sites for hydroxylation is 1. The van der Waals surface area contributed by atoms with Crippen LogP contribution in [0.3, 0.4) is 0 Å². The van der Waals surface area contributed by atoms with E-state index in [1.807, 2.05) is 0 Å². The third kappa shape index (κ3) is 1.39. The second-order valence-electron chi connectivity index (χ2n) is 4.75. The first-order valence-electron chi connectivity index (χ1n) is 5.41. The van der Waals surface area contributed by atoms with Crippen molar-refractivity contribution in [3.05, 3.63) is 35.4 Å². The van der Waals surface area contributed by atoms with Gasteiger partial charge in [0.15, 0.2) is 0 Å². The second-order valence-corrected chi connectivity index (χ2v) is 4.75. The lowest BCUT2D eigenvalue weighted by atomic mass is 10.1. The lowest BCUT2D eigenvalue weighted by Gasteiger charge is -1.99. The molecule has 0 spiro atoms. The Kier molecular flexibility index (Phi) is 1.52. The molecule has 0 N–H and O–H groups in total. The zero-order valence-corrected chi connectivity index (χ0v) is 8.16. The third-order valence-corrected chi connectivity index (χ3v) is 3.57. The van der Waals surface area contributed by atoms with Gasteiger partial charge in [0.1, 0.15) is 0 Å². The first-order valence-corrected chi connectivity index (χ1v) is 5.41. The molecule has 0 aromatic heterocycles. The Morgan fingerprint density at radius 2 is 1.77 bits per heavy atom. The van der Waals surface area contributed by atoms with Crippen LogP contribution in [0.1, 0.15) is 36.3 Å². The van der Waals surface area contributed by atoms with Crippen LogP contribution in [-0.2, 0) is 0 Å². The minimum atomic E-state index is 0.924. The predicted molar refractivity (Wildman–Crippen MR) is 54.8 cm³/mol. The van der Waals surface area contributed by atoms with Gasteiger partial charge in [0, 0.05) is 0 Å². The molecule has 1 aromatic carbocycles. The fraction of sp³-hybridized carbons (Fsp3) is 0.538. The SMILES string of the molecule is Cc1ccc(C2CC2C2CC2)cc1. The Labute approximate surface area is 80.0 Å². The van der Waals surface area contributed by atoms with Gasteiger partial charge in [-0.3, -0.25) is 0 Å². The summed E-state index contributed by atoms with van der Waals surface area (Å²) in [5.41, 5.74) is 2.97. The summed E-state index contributed by atoms with van der Waals surface area (Å²) in [6.07, 6.45) is 4.48. The van der Waals surface area contributed by atoms with Crippen LogP contribution >= 0.6 is 0 Å². The molecule has 0 bridgehead atoms. The topological polar surface area (TPSA) is 0 Å². The maximum Gasteiger partial charge on any atom is -0.0128 e. The van der Waals surface area contributed by atoms with Crippen LogP contribution in [0.15, 0.2) is 24.3 Å². The van der Waals surface area contributed by atoms with Crippen molar-refractivity contribution in [2.75, 3.05) is 0 Å². The van der Waals surface area contributed by atoms with Gasteiger partial charge in [-0.25, -0.2) is 0 Å². The molecule has 3 rings (SSSR count). The van der Waals surface area contributed by atoms with Crippen LogP contribution in [0.4, 0.5) is 0 Å². The Morgan fingerprint density at radius 3 is 2.38 bits per heavy atom. The van der Waals surface area contributed by atoms with Crippen molar-refractivity contribution in [3.63, 3.8) is 0 Å². The van der Waals surface area contributed by atoms with Crippen molar-refractivity contribution >= 4 is 0 Å². The fourth-order valence-corrected chi connectivity index (χ4v) is 2.46. The van der Waals surface area contributed by atoms with Crippen molar-refractivity contribution in [3.8, 4) is 0 Å². The van der Waals surface area contributed by atoms with E-state index < -0.39 is 0 Å². The summed E-state index contributed by atoms with van der Waals surface area (Å²) < 4.78 is 0. The van der Waals surface area contributed by atoms with E-state index in [9.17, 15) is 0 Å². The average molecular weight is 172 g/mol. The van der Waals surface area contributed by atoms with Gasteiger partial charge in [0.05, 0.1) is 0 Å². The van der Waals surface area contributed by atoms with Crippen molar-refractivity contribution < 1.29 is 0 Å². The molecule has 2 unspecified atom stereocenters. The molecule has 2 fully saturated rings. The van der Waals surface area contributed by atoms with Crippen LogP contribution in [0.2, 0.25) is 0 Å². The van der Waals surface area contributed by atoms with Crippen LogP contribution in [0.5, 0.6) is 0 Å². The summed E-state index contributed by atoms with van der Waals surface area (Å²) in [6, 6.07) is 9.14. The highest BCUT2D eigenvalue weighted by Gasteiger charge is 2.47. The van der Waals surface area contributed by atoms with E-state index in [-0.39, 0.29) is 0 Å². The van der Waals surface area contributed by atoms with E-state index in [1.54, 1.807) is 5.56 Å². The number of hydrogen-bond donors (Lipinski definition) is 0. The second kappa shape index (κ2) is 2.60. The molecule has 0 amide bonds. The quantitative estimate of drug-likeness (QED) is 0.640. The first-order chi connectivity index (χ1) is 6.34. The molecule has 0 radical (unpaired) electrons. The maximum atomic E-state index is 2.32. The maximum absolute atomic E-state index is 2.32. The summed E-state index contributed by atoms with van der Waals surface area (Å²) in [5.74, 6) is 3.09. The number of rotatable bonds is 2. The molecule has 0 heterocycles. The van der Waals surface area contributed by atoms with Gasteiger partial charge < -0.3 is 0 Å². The molecule has 0 aliphatic heterocycles. The molecule has 1 aromatic rings. The van der Waals surface area contributed by atoms with Gasteiger partial charge in [-0.05, 0) is 49.5 Å². The largest absolute Gasteiger partial charge is 0.0590 e. The Morgan fingerprint density at radius 1 is 1.08 bits per heavy atom. The Bertz CT molecular complexity index is 305. The molecule has 0 nitrogen and oxygen atoms in total. The van der Waals surface area contributed by atoms with Crippen LogP contribution in [0.25, 0.3) is 0 Å². The van der Waals surface area contributed by atoms with Gasteiger partial charge in [0.2, 0.25) is 0 Å². The highest BCUT2D eigenvalue weighted by atomic mass is 14.5. The lowest BCUT2D eigenvalue weighted by molar-refractivity contribution is 0.690. The van der Waals surface area contributed by atoms with Crippen molar-refractivity contribution in [2.24, 2.45) is 11.8 Å². The van der Waals surface area contributed by atoms with Gasteiger partial charge in [-0.2, -0.15) is 0 Å². The normalized spacial score (nSPS) is 31.8. The summed E-state index contributed by atoms with van der Waals surface area (Å²) in [4.78, 5) is 0. The van der Waals surface area contributed by atoms with Crippen molar-refractivity contribution in [2.45, 2.75) is 32.1 Å². The van der Waals surface area contributed by atoms with Crippen LogP contribution in [-0.4, -0.2) is 0 Å². The standard InChI is InChI=1S/C13H16/c1-9-2-4-10(5-3-9)12-8-13(12)11-6-7-11/h2-5,11-13H,6-8H2,1H3. The number of hydrogen-bond acceptors (Lipinski definition) is 0. The van der Waals surface area contributed by atoms with E-state index >= 15 is 0 Å². The molecular weight excluding hydrogens is 156 g/mol. The zero-order chi connectivity index (χ0) is 8.84. The molecule has 0 saturated heterocycles. The highest BCUT2D eigenvalue weighted by Crippen LogP contribution is 2.59. The smallest absolute Gasteiger partial charge is 0.0128 e. The molecule has 2 saturated carbocycles. The van der Waals surface area contributed by atoms with Crippen LogP contribution in [0, 0.1) is 18.8 Å². The van der Waals surface area contributed by atoms with E-state index in [0.29, 0.717) is 0 Å². The van der Waals surface area contributed by atoms with Crippen molar-refractivity contribution in [1.29, 1.82) is 0 Å². The average Bonchev–Trinajstić information content (AvgIpc) is 2.99. The molecule has 2 aliphatic rings. The molecule has 13 heavy (non-hydrogen) atoms. The molecule has 0 heteroatoms. The first kappa shape index (κ1) is 7.61. The highest BCUT2D eigenvalue weighted by molar-refractivity contribution is 5.29. The van der Waals surface area contributed by atoms with Crippen molar-refractivity contribution in [1.82, 2.24) is 0 Å². The van der Waals surface area contributed by atoms with E-state index in [4.69, 9.17) is 0 Å². The minimum absolute atomic E-state index is 0.924. The van der Waals surface area contributed by atoms with E-state index in [1.165, 1.54) is 24.8 Å². The van der Waals surface area contributed by atoms with Crippen LogP contribution < -0.4 is 0 Å². The molecular formula is C13H16. The minimum Gasteiger partial charge on any atom is -0.0590 e. The summed E-state index contributed by atoms with van der Waals surface area (Å²) in [6.45, 7) is 2.16. The van der Waals surface area contributed by atoms with E-state index in [2.05, 4.69) is 31.2 Å². The third-order valence-electron chi connectivity index (χ3n) is 3.57. The Balaban J connectivity index is 1.75. The Hall–Kier alpha value is -0.780. The van der Waals surface area contributed by atoms with Gasteiger partial charge in [0.25, 0.3) is 0 Å². The molecule has 68 valence electrons. The predicted octanol–water partition coefficient (Wildman–Crippen LogP) is 3.51.